The minimum Gasteiger partial charge on any atom is -0.497 e. The number of benzene rings is 3. The monoisotopic (exact) mass is 445 g/mol. The van der Waals surface area contributed by atoms with Crippen molar-refractivity contribution in [3.8, 4) is 11.5 Å². The topological polar surface area (TPSA) is 72.9 Å². The molecule has 0 N–H and O–H groups in total. The molecule has 1 heterocycles. The molecule has 0 radical (unpaired) electrons. The Morgan fingerprint density at radius 2 is 1.56 bits per heavy atom. The van der Waals surface area contributed by atoms with Gasteiger partial charge in [0.05, 0.1) is 24.1 Å². The third-order valence-corrected chi connectivity index (χ3v) is 5.68. The van der Waals surface area contributed by atoms with Crippen molar-refractivity contribution in [2.45, 2.75) is 6.54 Å². The Morgan fingerprint density at radius 3 is 2.22 bits per heavy atom. The lowest BCUT2D eigenvalue weighted by Gasteiger charge is -2.12. The van der Waals surface area contributed by atoms with E-state index in [0.717, 1.165) is 22.9 Å². The fraction of sp³-hybridized carbons (Fsp3) is 0.0800. The molecule has 7 heteroatoms. The fourth-order valence-electron chi connectivity index (χ4n) is 3.08. The molecule has 1 saturated heterocycles. The van der Waals surface area contributed by atoms with Gasteiger partial charge in [-0.3, -0.25) is 14.5 Å². The predicted molar refractivity (Wildman–Crippen MR) is 122 cm³/mol. The molecule has 0 atom stereocenters. The predicted octanol–water partition coefficient (Wildman–Crippen LogP) is 5.15. The van der Waals surface area contributed by atoms with E-state index in [1.165, 1.54) is 4.90 Å². The summed E-state index contributed by atoms with van der Waals surface area (Å²) in [6.07, 6.45) is 1.66. The summed E-state index contributed by atoms with van der Waals surface area (Å²) in [5.74, 6) is 0.223. The third kappa shape index (κ3) is 4.90. The summed E-state index contributed by atoms with van der Waals surface area (Å²) in [7, 11) is 1.55. The second-order valence-corrected chi connectivity index (χ2v) is 7.93. The zero-order chi connectivity index (χ0) is 22.5. The third-order valence-electron chi connectivity index (χ3n) is 4.77. The van der Waals surface area contributed by atoms with E-state index in [0.29, 0.717) is 22.0 Å². The molecular formula is C25H19NO5S. The number of ether oxygens (including phenoxy) is 2. The first-order valence-electron chi connectivity index (χ1n) is 9.79. The van der Waals surface area contributed by atoms with Crippen molar-refractivity contribution in [1.82, 2.24) is 4.90 Å². The molecule has 6 nitrogen and oxygen atoms in total. The average molecular weight is 445 g/mol. The maximum Gasteiger partial charge on any atom is 0.343 e. The number of amides is 2. The molecule has 1 aliphatic rings. The maximum absolute atomic E-state index is 12.7. The molecule has 0 aliphatic carbocycles. The van der Waals surface area contributed by atoms with Crippen molar-refractivity contribution in [1.29, 1.82) is 0 Å². The SMILES string of the molecule is COc1ccc(C(=O)Oc2ccc(/C=C3\SC(=O)N(Cc4ccccc4)C3=O)cc2)cc1. The lowest BCUT2D eigenvalue weighted by molar-refractivity contribution is -0.123. The summed E-state index contributed by atoms with van der Waals surface area (Å²) in [4.78, 5) is 38.8. The van der Waals surface area contributed by atoms with Gasteiger partial charge in [0, 0.05) is 0 Å². The van der Waals surface area contributed by atoms with Gasteiger partial charge in [0.2, 0.25) is 0 Å². The molecule has 0 saturated carbocycles. The molecule has 3 aromatic rings. The normalized spacial score (nSPS) is 14.7. The van der Waals surface area contributed by atoms with Crippen LogP contribution < -0.4 is 9.47 Å². The van der Waals surface area contributed by atoms with Crippen LogP contribution in [0.15, 0.2) is 83.8 Å². The van der Waals surface area contributed by atoms with Crippen molar-refractivity contribution in [3.63, 3.8) is 0 Å². The first kappa shape index (κ1) is 21.4. The molecule has 160 valence electrons. The summed E-state index contributed by atoms with van der Waals surface area (Å²) in [5.41, 5.74) is 2.01. The summed E-state index contributed by atoms with van der Waals surface area (Å²) in [6, 6.07) is 22.7. The smallest absolute Gasteiger partial charge is 0.343 e. The Morgan fingerprint density at radius 1 is 0.906 bits per heavy atom. The lowest BCUT2D eigenvalue weighted by atomic mass is 10.2. The highest BCUT2D eigenvalue weighted by Gasteiger charge is 2.34. The number of carbonyl (C=O) groups is 3. The van der Waals surface area contributed by atoms with E-state index < -0.39 is 5.97 Å². The quantitative estimate of drug-likeness (QED) is 0.297. The van der Waals surface area contributed by atoms with Gasteiger partial charge in [0.25, 0.3) is 11.1 Å². The van der Waals surface area contributed by atoms with Crippen molar-refractivity contribution in [2.24, 2.45) is 0 Å². The number of hydrogen-bond acceptors (Lipinski definition) is 6. The number of hydrogen-bond donors (Lipinski definition) is 0. The second kappa shape index (κ2) is 9.53. The lowest BCUT2D eigenvalue weighted by Crippen LogP contribution is -2.27. The van der Waals surface area contributed by atoms with Crippen LogP contribution in [-0.2, 0) is 11.3 Å². The molecule has 0 unspecified atom stereocenters. The highest BCUT2D eigenvalue weighted by Crippen LogP contribution is 2.33. The van der Waals surface area contributed by atoms with Crippen molar-refractivity contribution >= 4 is 35.0 Å². The van der Waals surface area contributed by atoms with E-state index in [1.54, 1.807) is 61.7 Å². The summed E-state index contributed by atoms with van der Waals surface area (Å²) < 4.78 is 10.5. The van der Waals surface area contributed by atoms with Crippen LogP contribution in [-0.4, -0.2) is 29.1 Å². The molecule has 2 amide bonds. The molecule has 0 aromatic heterocycles. The van der Waals surface area contributed by atoms with Gasteiger partial charge in [-0.25, -0.2) is 4.79 Å². The highest BCUT2D eigenvalue weighted by atomic mass is 32.2. The van der Waals surface area contributed by atoms with E-state index in [-0.39, 0.29) is 17.7 Å². The number of methoxy groups -OCH3 is 1. The van der Waals surface area contributed by atoms with Crippen LogP contribution >= 0.6 is 11.8 Å². The molecule has 1 aliphatic heterocycles. The van der Waals surface area contributed by atoms with E-state index in [9.17, 15) is 14.4 Å². The van der Waals surface area contributed by atoms with Crippen molar-refractivity contribution in [3.05, 3.63) is 100 Å². The Kier molecular flexibility index (Phi) is 6.37. The Labute approximate surface area is 189 Å². The molecule has 0 spiro atoms. The molecule has 4 rings (SSSR count). The minimum atomic E-state index is -0.484. The molecular weight excluding hydrogens is 426 g/mol. The maximum atomic E-state index is 12.7. The van der Waals surface area contributed by atoms with Gasteiger partial charge < -0.3 is 9.47 Å². The average Bonchev–Trinajstić information content (AvgIpc) is 3.08. The highest BCUT2D eigenvalue weighted by molar-refractivity contribution is 8.18. The number of imide groups is 1. The van der Waals surface area contributed by atoms with E-state index in [4.69, 9.17) is 9.47 Å². The summed E-state index contributed by atoms with van der Waals surface area (Å²) in [5, 5.41) is -0.296. The van der Waals surface area contributed by atoms with Crippen LogP contribution in [0.3, 0.4) is 0 Å². The Hall–Kier alpha value is -3.84. The summed E-state index contributed by atoms with van der Waals surface area (Å²) >= 11 is 0.914. The van der Waals surface area contributed by atoms with Crippen molar-refractivity contribution < 1.29 is 23.9 Å². The number of esters is 1. The first-order chi connectivity index (χ1) is 15.5. The number of nitrogens with zero attached hydrogens (tertiary/aromatic N) is 1. The number of thioether (sulfide) groups is 1. The molecule has 3 aromatic carbocycles. The van der Waals surface area contributed by atoms with Crippen LogP contribution in [0, 0.1) is 0 Å². The van der Waals surface area contributed by atoms with Gasteiger partial charge in [-0.2, -0.15) is 0 Å². The largest absolute Gasteiger partial charge is 0.497 e. The van der Waals surface area contributed by atoms with Crippen LogP contribution in [0.1, 0.15) is 21.5 Å². The van der Waals surface area contributed by atoms with Gasteiger partial charge in [0.15, 0.2) is 0 Å². The van der Waals surface area contributed by atoms with Gasteiger partial charge in [-0.15, -0.1) is 0 Å². The minimum absolute atomic E-state index is 0.239. The number of carbonyl (C=O) groups excluding carboxylic acids is 3. The second-order valence-electron chi connectivity index (χ2n) is 6.94. The number of rotatable bonds is 6. The molecule has 1 fully saturated rings. The standard InChI is InChI=1S/C25H19NO5S/c1-30-20-13-9-19(10-14-20)24(28)31-21-11-7-17(8-12-21)15-22-23(27)26(25(29)32-22)16-18-5-3-2-4-6-18/h2-15H,16H2,1H3/b22-15-. The van der Waals surface area contributed by atoms with Crippen LogP contribution in [0.2, 0.25) is 0 Å². The van der Waals surface area contributed by atoms with Crippen LogP contribution in [0.4, 0.5) is 4.79 Å². The van der Waals surface area contributed by atoms with E-state index in [1.807, 2.05) is 30.3 Å². The van der Waals surface area contributed by atoms with Gasteiger partial charge in [-0.1, -0.05) is 42.5 Å². The Bertz CT molecular complexity index is 1170. The van der Waals surface area contributed by atoms with Crippen LogP contribution in [0.25, 0.3) is 6.08 Å². The van der Waals surface area contributed by atoms with Gasteiger partial charge in [0.1, 0.15) is 11.5 Å². The van der Waals surface area contributed by atoms with Crippen LogP contribution in [0.5, 0.6) is 11.5 Å². The zero-order valence-electron chi connectivity index (χ0n) is 17.2. The fourth-order valence-corrected chi connectivity index (χ4v) is 3.92. The van der Waals surface area contributed by atoms with E-state index >= 15 is 0 Å². The van der Waals surface area contributed by atoms with Crippen molar-refractivity contribution in [2.75, 3.05) is 7.11 Å². The zero-order valence-corrected chi connectivity index (χ0v) is 18.0. The van der Waals surface area contributed by atoms with E-state index in [2.05, 4.69) is 0 Å². The molecule has 0 bridgehead atoms. The van der Waals surface area contributed by atoms with Gasteiger partial charge >= 0.3 is 5.97 Å². The Balaban J connectivity index is 1.42. The molecule has 32 heavy (non-hydrogen) atoms. The first-order valence-corrected chi connectivity index (χ1v) is 10.6. The summed E-state index contributed by atoms with van der Waals surface area (Å²) in [6.45, 7) is 0.239. The van der Waals surface area contributed by atoms with Gasteiger partial charge in [-0.05, 0) is 65.4 Å².